The Labute approximate surface area is 112 Å². The highest BCUT2D eigenvalue weighted by atomic mass is 79.9. The van der Waals surface area contributed by atoms with Crippen molar-refractivity contribution in [2.75, 3.05) is 5.32 Å². The lowest BCUT2D eigenvalue weighted by Gasteiger charge is -2.07. The number of benzene rings is 1. The van der Waals surface area contributed by atoms with E-state index in [0.29, 0.717) is 10.7 Å². The minimum absolute atomic E-state index is 0.219. The Morgan fingerprint density at radius 2 is 2.18 bits per heavy atom. The lowest BCUT2D eigenvalue weighted by molar-refractivity contribution is 0.102. The summed E-state index contributed by atoms with van der Waals surface area (Å²) >= 11 is 9.13. The van der Waals surface area contributed by atoms with E-state index in [1.165, 1.54) is 0 Å². The Kier molecular flexibility index (Phi) is 3.54. The van der Waals surface area contributed by atoms with Gasteiger partial charge in [-0.2, -0.15) is 0 Å². The molecule has 5 heteroatoms. The number of H-pyrrole nitrogens is 1. The molecule has 0 aliphatic heterocycles. The fourth-order valence-corrected chi connectivity index (χ4v) is 1.93. The van der Waals surface area contributed by atoms with E-state index in [-0.39, 0.29) is 5.91 Å². The molecule has 1 heterocycles. The van der Waals surface area contributed by atoms with E-state index in [2.05, 4.69) is 26.2 Å². The van der Waals surface area contributed by atoms with Crippen LogP contribution in [0.4, 0.5) is 5.69 Å². The molecule has 0 spiro atoms. The predicted molar refractivity (Wildman–Crippen MR) is 72.6 cm³/mol. The molecule has 0 bridgehead atoms. The fourth-order valence-electron chi connectivity index (χ4n) is 1.42. The van der Waals surface area contributed by atoms with Crippen molar-refractivity contribution in [3.05, 3.63) is 51.2 Å². The molecule has 0 aliphatic rings. The van der Waals surface area contributed by atoms with Crippen molar-refractivity contribution in [1.29, 1.82) is 0 Å². The first-order valence-corrected chi connectivity index (χ1v) is 6.15. The molecule has 0 radical (unpaired) electrons. The van der Waals surface area contributed by atoms with Crippen LogP contribution in [0.25, 0.3) is 0 Å². The minimum Gasteiger partial charge on any atom is -0.356 e. The van der Waals surface area contributed by atoms with E-state index in [0.717, 1.165) is 15.7 Å². The van der Waals surface area contributed by atoms with Gasteiger partial charge in [0.15, 0.2) is 0 Å². The van der Waals surface area contributed by atoms with E-state index in [1.54, 1.807) is 12.3 Å². The molecule has 1 aromatic carbocycles. The summed E-state index contributed by atoms with van der Waals surface area (Å²) in [5, 5.41) is 3.32. The number of carbonyl (C=O) groups excluding carboxylic acids is 1. The van der Waals surface area contributed by atoms with Crippen LogP contribution in [0.2, 0.25) is 5.02 Å². The van der Waals surface area contributed by atoms with Gasteiger partial charge in [-0.05, 0) is 46.6 Å². The fraction of sp³-hybridized carbons (Fsp3) is 0.0833. The Bertz CT molecular complexity index is 565. The number of hydrogen-bond donors (Lipinski definition) is 2. The molecule has 1 amide bonds. The molecule has 1 aromatic heterocycles. The number of hydrogen-bond acceptors (Lipinski definition) is 1. The van der Waals surface area contributed by atoms with Crippen LogP contribution in [0.1, 0.15) is 16.1 Å². The predicted octanol–water partition coefficient (Wildman–Crippen LogP) is 3.99. The van der Waals surface area contributed by atoms with Crippen molar-refractivity contribution in [1.82, 2.24) is 4.98 Å². The third kappa shape index (κ3) is 2.90. The van der Waals surface area contributed by atoms with Crippen molar-refractivity contribution < 1.29 is 4.79 Å². The average molecular weight is 314 g/mol. The molecule has 2 rings (SSSR count). The standard InChI is InChI=1S/C12H10BrClN2O/c1-7-2-3-9(13)10(4-7)16-12(17)11-5-8(14)6-15-11/h2-6,15H,1H3,(H,16,17). The lowest BCUT2D eigenvalue weighted by atomic mass is 10.2. The molecular weight excluding hydrogens is 304 g/mol. The number of rotatable bonds is 2. The van der Waals surface area contributed by atoms with Gasteiger partial charge >= 0.3 is 0 Å². The molecule has 17 heavy (non-hydrogen) atoms. The smallest absolute Gasteiger partial charge is 0.272 e. The van der Waals surface area contributed by atoms with Crippen molar-refractivity contribution >= 4 is 39.1 Å². The van der Waals surface area contributed by atoms with Crippen molar-refractivity contribution in [2.45, 2.75) is 6.92 Å². The number of amides is 1. The van der Waals surface area contributed by atoms with Crippen LogP contribution >= 0.6 is 27.5 Å². The Morgan fingerprint density at radius 3 is 2.82 bits per heavy atom. The van der Waals surface area contributed by atoms with Gasteiger partial charge in [0.05, 0.1) is 10.7 Å². The van der Waals surface area contributed by atoms with Crippen LogP contribution in [0, 0.1) is 6.92 Å². The summed E-state index contributed by atoms with van der Waals surface area (Å²) < 4.78 is 0.842. The molecule has 0 unspecified atom stereocenters. The normalized spacial score (nSPS) is 10.3. The van der Waals surface area contributed by atoms with Crippen LogP contribution in [0.5, 0.6) is 0 Å². The zero-order chi connectivity index (χ0) is 12.4. The molecule has 0 saturated heterocycles. The first-order valence-electron chi connectivity index (χ1n) is 4.97. The number of carbonyl (C=O) groups is 1. The van der Waals surface area contributed by atoms with Crippen LogP contribution in [0.3, 0.4) is 0 Å². The summed E-state index contributed by atoms with van der Waals surface area (Å²) in [6.07, 6.45) is 1.57. The topological polar surface area (TPSA) is 44.9 Å². The zero-order valence-electron chi connectivity index (χ0n) is 9.05. The highest BCUT2D eigenvalue weighted by Gasteiger charge is 2.10. The van der Waals surface area contributed by atoms with E-state index in [1.807, 2.05) is 25.1 Å². The second-order valence-electron chi connectivity index (χ2n) is 3.67. The third-order valence-corrected chi connectivity index (χ3v) is 3.17. The van der Waals surface area contributed by atoms with Gasteiger partial charge in [-0.25, -0.2) is 0 Å². The van der Waals surface area contributed by atoms with E-state index in [9.17, 15) is 4.79 Å². The number of aryl methyl sites for hydroxylation is 1. The van der Waals surface area contributed by atoms with Gasteiger partial charge in [-0.1, -0.05) is 17.7 Å². The van der Waals surface area contributed by atoms with Crippen LogP contribution in [-0.2, 0) is 0 Å². The third-order valence-electron chi connectivity index (χ3n) is 2.26. The van der Waals surface area contributed by atoms with Gasteiger partial charge in [0.1, 0.15) is 5.69 Å². The van der Waals surface area contributed by atoms with E-state index >= 15 is 0 Å². The summed E-state index contributed by atoms with van der Waals surface area (Å²) in [4.78, 5) is 14.7. The second kappa shape index (κ2) is 4.94. The number of aromatic nitrogens is 1. The summed E-state index contributed by atoms with van der Waals surface area (Å²) in [6.45, 7) is 1.97. The second-order valence-corrected chi connectivity index (χ2v) is 4.96. The molecule has 0 atom stereocenters. The molecule has 3 nitrogen and oxygen atoms in total. The number of aromatic amines is 1. The average Bonchev–Trinajstić information content (AvgIpc) is 2.70. The van der Waals surface area contributed by atoms with Crippen molar-refractivity contribution in [2.24, 2.45) is 0 Å². The van der Waals surface area contributed by atoms with Gasteiger partial charge in [-0.15, -0.1) is 0 Å². The first kappa shape index (κ1) is 12.2. The maximum Gasteiger partial charge on any atom is 0.272 e. The first-order chi connectivity index (χ1) is 8.06. The van der Waals surface area contributed by atoms with E-state index < -0.39 is 0 Å². The molecule has 2 aromatic rings. The van der Waals surface area contributed by atoms with Crippen LogP contribution in [-0.4, -0.2) is 10.9 Å². The summed E-state index contributed by atoms with van der Waals surface area (Å²) in [5.74, 6) is -0.219. The van der Waals surface area contributed by atoms with Gasteiger partial charge in [0.2, 0.25) is 0 Å². The quantitative estimate of drug-likeness (QED) is 0.865. The summed E-state index contributed by atoms with van der Waals surface area (Å²) in [5.41, 5.74) is 2.25. The Hall–Kier alpha value is -1.26. The van der Waals surface area contributed by atoms with Crippen LogP contribution < -0.4 is 5.32 Å². The molecule has 88 valence electrons. The Morgan fingerprint density at radius 1 is 1.41 bits per heavy atom. The van der Waals surface area contributed by atoms with Gasteiger partial charge < -0.3 is 10.3 Å². The minimum atomic E-state index is -0.219. The van der Waals surface area contributed by atoms with Gasteiger partial charge in [0.25, 0.3) is 5.91 Å². The number of anilines is 1. The van der Waals surface area contributed by atoms with Crippen molar-refractivity contribution in [3.8, 4) is 0 Å². The SMILES string of the molecule is Cc1ccc(Br)c(NC(=O)c2cc(Cl)c[nH]2)c1. The summed E-state index contributed by atoms with van der Waals surface area (Å²) in [6, 6.07) is 7.34. The maximum atomic E-state index is 11.9. The molecular formula is C12H10BrClN2O. The molecule has 2 N–H and O–H groups in total. The monoisotopic (exact) mass is 312 g/mol. The van der Waals surface area contributed by atoms with Gasteiger partial charge in [-0.3, -0.25) is 4.79 Å². The van der Waals surface area contributed by atoms with Crippen LogP contribution in [0.15, 0.2) is 34.9 Å². The van der Waals surface area contributed by atoms with E-state index in [4.69, 9.17) is 11.6 Å². The number of halogens is 2. The summed E-state index contributed by atoms with van der Waals surface area (Å²) in [7, 11) is 0. The van der Waals surface area contributed by atoms with Gasteiger partial charge in [0, 0.05) is 10.7 Å². The lowest BCUT2D eigenvalue weighted by Crippen LogP contribution is -2.12. The molecule has 0 fully saturated rings. The maximum absolute atomic E-state index is 11.9. The Balaban J connectivity index is 2.21. The number of nitrogens with one attached hydrogen (secondary N) is 2. The zero-order valence-corrected chi connectivity index (χ0v) is 11.4. The highest BCUT2D eigenvalue weighted by molar-refractivity contribution is 9.10. The molecule has 0 saturated carbocycles. The van der Waals surface area contributed by atoms with Crippen molar-refractivity contribution in [3.63, 3.8) is 0 Å². The largest absolute Gasteiger partial charge is 0.356 e. The molecule has 0 aliphatic carbocycles. The highest BCUT2D eigenvalue weighted by Crippen LogP contribution is 2.24.